The Balaban J connectivity index is 1.73. The first-order chi connectivity index (χ1) is 13.0. The second-order valence-electron chi connectivity index (χ2n) is 6.16. The Kier molecular flexibility index (Phi) is 6.13. The average molecular weight is 402 g/mol. The minimum absolute atomic E-state index is 0.104. The monoisotopic (exact) mass is 401 g/mol. The predicted octanol–water partition coefficient (Wildman–Crippen LogP) is 4.30. The van der Waals surface area contributed by atoms with Crippen LogP contribution in [0.3, 0.4) is 0 Å². The van der Waals surface area contributed by atoms with Crippen LogP contribution in [0.4, 0.5) is 0 Å². The quantitative estimate of drug-likeness (QED) is 0.424. The lowest BCUT2D eigenvalue weighted by Crippen LogP contribution is -2.29. The van der Waals surface area contributed by atoms with Crippen molar-refractivity contribution in [2.75, 3.05) is 13.7 Å². The number of amides is 1. The molecule has 5 nitrogen and oxygen atoms in total. The van der Waals surface area contributed by atoms with Crippen molar-refractivity contribution in [2.24, 2.45) is 0 Å². The summed E-state index contributed by atoms with van der Waals surface area (Å²) >= 11 is 6.60. The summed E-state index contributed by atoms with van der Waals surface area (Å²) in [5.41, 5.74) is 0.930. The zero-order chi connectivity index (χ0) is 19.4. The van der Waals surface area contributed by atoms with Crippen molar-refractivity contribution in [1.82, 2.24) is 4.90 Å². The molecule has 1 heterocycles. The Bertz CT molecular complexity index is 939. The van der Waals surface area contributed by atoms with Gasteiger partial charge < -0.3 is 9.84 Å². The lowest BCUT2D eigenvalue weighted by molar-refractivity contribution is -0.137. The number of thioether (sulfide) groups is 1. The zero-order valence-electron chi connectivity index (χ0n) is 14.8. The average Bonchev–Trinajstić information content (AvgIpc) is 2.91. The molecule has 0 bridgehead atoms. The second-order valence-corrected chi connectivity index (χ2v) is 7.83. The van der Waals surface area contributed by atoms with E-state index in [9.17, 15) is 9.59 Å². The minimum Gasteiger partial charge on any atom is -0.497 e. The number of fused-ring (bicyclic) bond motifs is 1. The van der Waals surface area contributed by atoms with Crippen molar-refractivity contribution >= 4 is 57.0 Å². The molecule has 1 fully saturated rings. The summed E-state index contributed by atoms with van der Waals surface area (Å²) in [6, 6.07) is 11.8. The van der Waals surface area contributed by atoms with Gasteiger partial charge in [0.25, 0.3) is 5.91 Å². The summed E-state index contributed by atoms with van der Waals surface area (Å²) in [5.74, 6) is -0.136. The maximum atomic E-state index is 12.6. The van der Waals surface area contributed by atoms with E-state index < -0.39 is 5.97 Å². The summed E-state index contributed by atoms with van der Waals surface area (Å²) in [5, 5.41) is 10.8. The summed E-state index contributed by atoms with van der Waals surface area (Å²) in [6.07, 6.45) is 3.09. The van der Waals surface area contributed by atoms with Crippen molar-refractivity contribution < 1.29 is 19.4 Å². The van der Waals surface area contributed by atoms with Gasteiger partial charge in [0.2, 0.25) is 0 Å². The van der Waals surface area contributed by atoms with E-state index in [1.165, 1.54) is 11.8 Å². The van der Waals surface area contributed by atoms with Gasteiger partial charge in [0, 0.05) is 13.0 Å². The molecular formula is C20H19NO4S2. The highest BCUT2D eigenvalue weighted by atomic mass is 32.2. The maximum Gasteiger partial charge on any atom is 0.303 e. The summed E-state index contributed by atoms with van der Waals surface area (Å²) in [6.45, 7) is 0.451. The number of benzene rings is 2. The molecule has 7 heteroatoms. The number of thiocarbonyl (C=S) groups is 1. The molecule has 0 aromatic heterocycles. The fourth-order valence-electron chi connectivity index (χ4n) is 2.85. The summed E-state index contributed by atoms with van der Waals surface area (Å²) < 4.78 is 5.76. The van der Waals surface area contributed by atoms with Gasteiger partial charge in [-0.3, -0.25) is 14.5 Å². The Morgan fingerprint density at radius 1 is 1.22 bits per heavy atom. The molecule has 0 aliphatic carbocycles. The van der Waals surface area contributed by atoms with Crippen LogP contribution in [0.1, 0.15) is 24.8 Å². The molecule has 1 N–H and O–H groups in total. The minimum atomic E-state index is -0.825. The highest BCUT2D eigenvalue weighted by molar-refractivity contribution is 8.26. The first-order valence-electron chi connectivity index (χ1n) is 8.53. The van der Waals surface area contributed by atoms with Gasteiger partial charge in [0.1, 0.15) is 10.1 Å². The molecule has 0 atom stereocenters. The van der Waals surface area contributed by atoms with Gasteiger partial charge in [-0.2, -0.15) is 0 Å². The first kappa shape index (κ1) is 19.4. The highest BCUT2D eigenvalue weighted by Gasteiger charge is 2.31. The summed E-state index contributed by atoms with van der Waals surface area (Å²) in [4.78, 5) is 25.3. The number of aliphatic carboxylic acids is 1. The van der Waals surface area contributed by atoms with Crippen LogP contribution in [0.5, 0.6) is 5.75 Å². The lowest BCUT2D eigenvalue weighted by Gasteiger charge is -2.13. The van der Waals surface area contributed by atoms with Gasteiger partial charge in [-0.15, -0.1) is 0 Å². The highest BCUT2D eigenvalue weighted by Crippen LogP contribution is 2.33. The standard InChI is InChI=1S/C20H19NO4S2/c1-25-16-8-7-14-10-13(5-6-15(14)12-16)11-17-19(24)21(20(26)27-17)9-3-2-4-18(22)23/h5-8,10-12H,2-4,9H2,1H3,(H,22,23)/b17-11-. The fourth-order valence-corrected chi connectivity index (χ4v) is 4.16. The van der Waals surface area contributed by atoms with Gasteiger partial charge in [-0.25, -0.2) is 0 Å². The van der Waals surface area contributed by atoms with E-state index in [1.807, 2.05) is 42.5 Å². The van der Waals surface area contributed by atoms with Crippen LogP contribution in [0.2, 0.25) is 0 Å². The van der Waals surface area contributed by atoms with Gasteiger partial charge in [0.05, 0.1) is 12.0 Å². The van der Waals surface area contributed by atoms with E-state index in [1.54, 1.807) is 12.0 Å². The molecule has 27 heavy (non-hydrogen) atoms. The molecule has 1 amide bonds. The number of carboxylic acid groups (broad SMARTS) is 1. The largest absolute Gasteiger partial charge is 0.497 e. The molecule has 1 aliphatic rings. The fraction of sp³-hybridized carbons (Fsp3) is 0.250. The molecule has 1 aliphatic heterocycles. The van der Waals surface area contributed by atoms with Crippen LogP contribution in [0.15, 0.2) is 41.3 Å². The van der Waals surface area contributed by atoms with Gasteiger partial charge >= 0.3 is 5.97 Å². The van der Waals surface area contributed by atoms with Crippen LogP contribution in [0.25, 0.3) is 16.8 Å². The van der Waals surface area contributed by atoms with E-state index in [-0.39, 0.29) is 12.3 Å². The summed E-state index contributed by atoms with van der Waals surface area (Å²) in [7, 11) is 1.64. The van der Waals surface area contributed by atoms with E-state index in [2.05, 4.69) is 0 Å². The Morgan fingerprint density at radius 2 is 1.96 bits per heavy atom. The van der Waals surface area contributed by atoms with Gasteiger partial charge in [-0.05, 0) is 53.5 Å². The number of nitrogens with zero attached hydrogens (tertiary/aromatic N) is 1. The smallest absolute Gasteiger partial charge is 0.303 e. The number of carbonyl (C=O) groups is 2. The Hall–Kier alpha value is -2.38. The predicted molar refractivity (Wildman–Crippen MR) is 112 cm³/mol. The van der Waals surface area contributed by atoms with Crippen LogP contribution in [-0.2, 0) is 9.59 Å². The van der Waals surface area contributed by atoms with Crippen molar-refractivity contribution in [2.45, 2.75) is 19.3 Å². The number of methoxy groups -OCH3 is 1. The molecule has 2 aromatic carbocycles. The van der Waals surface area contributed by atoms with Crippen molar-refractivity contribution in [3.63, 3.8) is 0 Å². The van der Waals surface area contributed by atoms with Crippen LogP contribution >= 0.6 is 24.0 Å². The number of carbonyl (C=O) groups excluding carboxylic acids is 1. The topological polar surface area (TPSA) is 66.8 Å². The Labute approximate surface area is 167 Å². The van der Waals surface area contributed by atoms with Gasteiger partial charge in [0.15, 0.2) is 0 Å². The SMILES string of the molecule is COc1ccc2cc(/C=C3\SC(=S)N(CCCCC(=O)O)C3=O)ccc2c1. The Morgan fingerprint density at radius 3 is 2.70 bits per heavy atom. The second kappa shape index (κ2) is 8.54. The third kappa shape index (κ3) is 4.67. The van der Waals surface area contributed by atoms with E-state index in [0.29, 0.717) is 28.6 Å². The van der Waals surface area contributed by atoms with E-state index in [4.69, 9.17) is 22.1 Å². The maximum absolute atomic E-state index is 12.6. The molecule has 0 radical (unpaired) electrons. The van der Waals surface area contributed by atoms with Crippen LogP contribution in [0, 0.1) is 0 Å². The van der Waals surface area contributed by atoms with Crippen LogP contribution in [-0.4, -0.2) is 39.9 Å². The molecule has 0 unspecified atom stereocenters. The molecule has 0 spiro atoms. The van der Waals surface area contributed by atoms with Crippen molar-refractivity contribution in [3.8, 4) is 5.75 Å². The third-order valence-electron chi connectivity index (χ3n) is 4.27. The normalized spacial score (nSPS) is 15.7. The van der Waals surface area contributed by atoms with Crippen molar-refractivity contribution in [3.05, 3.63) is 46.9 Å². The molecule has 0 saturated carbocycles. The number of carboxylic acids is 1. The third-order valence-corrected chi connectivity index (χ3v) is 5.64. The van der Waals surface area contributed by atoms with E-state index >= 15 is 0 Å². The lowest BCUT2D eigenvalue weighted by atomic mass is 10.1. The number of hydrogen-bond acceptors (Lipinski definition) is 5. The molecule has 1 saturated heterocycles. The molecule has 3 rings (SSSR count). The van der Waals surface area contributed by atoms with Crippen LogP contribution < -0.4 is 4.74 Å². The molecule has 140 valence electrons. The molecular weight excluding hydrogens is 382 g/mol. The number of ether oxygens (including phenoxy) is 1. The number of rotatable bonds is 7. The first-order valence-corrected chi connectivity index (χ1v) is 9.75. The van der Waals surface area contributed by atoms with Crippen molar-refractivity contribution in [1.29, 1.82) is 0 Å². The molecule has 2 aromatic rings. The zero-order valence-corrected chi connectivity index (χ0v) is 16.4. The number of hydrogen-bond donors (Lipinski definition) is 1. The van der Waals surface area contributed by atoms with Gasteiger partial charge in [-0.1, -0.05) is 42.2 Å². The number of unbranched alkanes of at least 4 members (excludes halogenated alkanes) is 1. The van der Waals surface area contributed by atoms with E-state index in [0.717, 1.165) is 22.1 Å².